The first-order valence-electron chi connectivity index (χ1n) is 7.83. The van der Waals surface area contributed by atoms with Crippen LogP contribution in [-0.4, -0.2) is 42.3 Å². The van der Waals surface area contributed by atoms with Gasteiger partial charge in [-0.25, -0.2) is 4.79 Å². The number of urea groups is 1. The van der Waals surface area contributed by atoms with Gasteiger partial charge in [-0.1, -0.05) is 31.2 Å². The van der Waals surface area contributed by atoms with E-state index in [4.69, 9.17) is 5.11 Å². The second-order valence-electron chi connectivity index (χ2n) is 5.96. The Morgan fingerprint density at radius 2 is 2.05 bits per heavy atom. The van der Waals surface area contributed by atoms with Crippen LogP contribution in [0.1, 0.15) is 37.3 Å². The molecule has 1 fully saturated rings. The van der Waals surface area contributed by atoms with Gasteiger partial charge in [0.1, 0.15) is 0 Å². The highest BCUT2D eigenvalue weighted by atomic mass is 16.3. The lowest BCUT2D eigenvalue weighted by Crippen LogP contribution is -2.44. The Morgan fingerprint density at radius 1 is 1.33 bits per heavy atom. The molecule has 116 valence electrons. The molecule has 0 atom stereocenters. The number of carbonyl (C=O) groups is 1. The summed E-state index contributed by atoms with van der Waals surface area (Å²) < 4.78 is 0. The minimum absolute atomic E-state index is 0.0103. The van der Waals surface area contributed by atoms with Crippen molar-refractivity contribution in [3.63, 3.8) is 0 Å². The van der Waals surface area contributed by atoms with E-state index in [2.05, 4.69) is 36.5 Å². The fourth-order valence-electron chi connectivity index (χ4n) is 2.92. The number of amides is 2. The van der Waals surface area contributed by atoms with Crippen LogP contribution in [-0.2, 0) is 5.41 Å². The summed E-state index contributed by atoms with van der Waals surface area (Å²) in [7, 11) is 0. The normalized spacial score (nSPS) is 15.6. The van der Waals surface area contributed by atoms with Crippen LogP contribution in [0.5, 0.6) is 0 Å². The van der Waals surface area contributed by atoms with Crippen LogP contribution in [0.3, 0.4) is 0 Å². The van der Waals surface area contributed by atoms with Crippen LogP contribution in [0.15, 0.2) is 24.3 Å². The lowest BCUT2D eigenvalue weighted by atomic mass is 9.92. The molecule has 1 aromatic carbocycles. The highest BCUT2D eigenvalue weighted by Gasteiger charge is 2.45. The standard InChI is InChI=1S/C17H26N2O2/c1-3-10-19(11-12-20)16(21)18-13-17(8-9-17)15-7-5-4-6-14(15)2/h4-7,20H,3,8-13H2,1-2H3,(H,18,21). The molecular formula is C17H26N2O2. The summed E-state index contributed by atoms with van der Waals surface area (Å²) in [6.07, 6.45) is 3.16. The molecule has 1 saturated carbocycles. The fraction of sp³-hybridized carbons (Fsp3) is 0.588. The average molecular weight is 290 g/mol. The third-order valence-corrected chi connectivity index (χ3v) is 4.30. The molecule has 4 heteroatoms. The molecule has 2 N–H and O–H groups in total. The third kappa shape index (κ3) is 3.76. The van der Waals surface area contributed by atoms with Gasteiger partial charge in [0, 0.05) is 25.0 Å². The van der Waals surface area contributed by atoms with Gasteiger partial charge in [0.05, 0.1) is 6.61 Å². The Morgan fingerprint density at radius 3 is 2.62 bits per heavy atom. The molecule has 0 spiro atoms. The summed E-state index contributed by atoms with van der Waals surface area (Å²) in [5, 5.41) is 12.1. The highest BCUT2D eigenvalue weighted by Crippen LogP contribution is 2.48. The molecule has 0 bridgehead atoms. The smallest absolute Gasteiger partial charge is 0.317 e. The van der Waals surface area contributed by atoms with Gasteiger partial charge in [-0.2, -0.15) is 0 Å². The van der Waals surface area contributed by atoms with E-state index in [0.717, 1.165) is 19.3 Å². The topological polar surface area (TPSA) is 52.6 Å². The summed E-state index contributed by atoms with van der Waals surface area (Å²) in [6.45, 7) is 5.94. The van der Waals surface area contributed by atoms with Gasteiger partial charge in [0.15, 0.2) is 0 Å². The Labute approximate surface area is 127 Å². The maximum absolute atomic E-state index is 12.2. The zero-order valence-corrected chi connectivity index (χ0v) is 13.1. The fourth-order valence-corrected chi connectivity index (χ4v) is 2.92. The van der Waals surface area contributed by atoms with Crippen LogP contribution >= 0.6 is 0 Å². The maximum Gasteiger partial charge on any atom is 0.317 e. The third-order valence-electron chi connectivity index (χ3n) is 4.30. The molecule has 0 radical (unpaired) electrons. The van der Waals surface area contributed by atoms with Crippen molar-refractivity contribution in [3.8, 4) is 0 Å². The number of hydrogen-bond acceptors (Lipinski definition) is 2. The van der Waals surface area contributed by atoms with Crippen LogP contribution in [0.2, 0.25) is 0 Å². The van der Waals surface area contributed by atoms with Crippen molar-refractivity contribution in [1.82, 2.24) is 10.2 Å². The lowest BCUT2D eigenvalue weighted by Gasteiger charge is -2.24. The van der Waals surface area contributed by atoms with E-state index in [1.165, 1.54) is 11.1 Å². The number of nitrogens with one attached hydrogen (secondary N) is 1. The summed E-state index contributed by atoms with van der Waals surface area (Å²) in [5.41, 5.74) is 2.78. The highest BCUT2D eigenvalue weighted by molar-refractivity contribution is 5.74. The summed E-state index contributed by atoms with van der Waals surface area (Å²) in [6, 6.07) is 8.36. The van der Waals surface area contributed by atoms with Gasteiger partial charge in [0.2, 0.25) is 0 Å². The number of aliphatic hydroxyl groups is 1. The number of hydrogen-bond donors (Lipinski definition) is 2. The van der Waals surface area contributed by atoms with Crippen molar-refractivity contribution in [2.45, 2.75) is 38.5 Å². The largest absolute Gasteiger partial charge is 0.395 e. The van der Waals surface area contributed by atoms with Crippen molar-refractivity contribution in [2.75, 3.05) is 26.2 Å². The summed E-state index contributed by atoms with van der Waals surface area (Å²) in [5.74, 6) is 0. The Bertz CT molecular complexity index is 477. The van der Waals surface area contributed by atoms with E-state index < -0.39 is 0 Å². The molecule has 1 aliphatic rings. The van der Waals surface area contributed by atoms with E-state index in [1.54, 1.807) is 4.90 Å². The molecule has 0 aromatic heterocycles. The number of nitrogens with zero attached hydrogens (tertiary/aromatic N) is 1. The summed E-state index contributed by atoms with van der Waals surface area (Å²) in [4.78, 5) is 13.9. The minimum atomic E-state index is -0.0641. The van der Waals surface area contributed by atoms with Crippen LogP contribution in [0.4, 0.5) is 4.79 Å². The second kappa shape index (κ2) is 6.94. The predicted octanol–water partition coefficient (Wildman–Crippen LogP) is 2.44. The zero-order valence-electron chi connectivity index (χ0n) is 13.1. The summed E-state index contributed by atoms with van der Waals surface area (Å²) >= 11 is 0. The maximum atomic E-state index is 12.2. The molecule has 2 amide bonds. The van der Waals surface area contributed by atoms with Crippen molar-refractivity contribution in [3.05, 3.63) is 35.4 Å². The average Bonchev–Trinajstić information content (AvgIpc) is 3.26. The van der Waals surface area contributed by atoms with Crippen LogP contribution < -0.4 is 5.32 Å². The van der Waals surface area contributed by atoms with Gasteiger partial charge in [-0.15, -0.1) is 0 Å². The molecule has 0 unspecified atom stereocenters. The number of aliphatic hydroxyl groups excluding tert-OH is 1. The Kier molecular flexibility index (Phi) is 5.23. The first kappa shape index (κ1) is 15.8. The van der Waals surface area contributed by atoms with E-state index in [1.807, 2.05) is 6.92 Å². The first-order chi connectivity index (χ1) is 10.1. The predicted molar refractivity (Wildman–Crippen MR) is 84.4 cm³/mol. The number of benzene rings is 1. The molecule has 21 heavy (non-hydrogen) atoms. The SMILES string of the molecule is CCCN(CCO)C(=O)NCC1(c2ccccc2C)CC1. The zero-order chi connectivity index (χ0) is 15.3. The Hall–Kier alpha value is -1.55. The van der Waals surface area contributed by atoms with Gasteiger partial charge < -0.3 is 15.3 Å². The van der Waals surface area contributed by atoms with Crippen molar-refractivity contribution in [1.29, 1.82) is 0 Å². The number of carbonyl (C=O) groups excluding carboxylic acids is 1. The van der Waals surface area contributed by atoms with E-state index in [0.29, 0.717) is 19.6 Å². The van der Waals surface area contributed by atoms with Crippen LogP contribution in [0.25, 0.3) is 0 Å². The van der Waals surface area contributed by atoms with E-state index in [-0.39, 0.29) is 18.1 Å². The monoisotopic (exact) mass is 290 g/mol. The molecule has 1 aromatic rings. The van der Waals surface area contributed by atoms with Crippen molar-refractivity contribution < 1.29 is 9.90 Å². The van der Waals surface area contributed by atoms with E-state index >= 15 is 0 Å². The minimum Gasteiger partial charge on any atom is -0.395 e. The van der Waals surface area contributed by atoms with Crippen molar-refractivity contribution >= 4 is 6.03 Å². The van der Waals surface area contributed by atoms with Gasteiger partial charge >= 0.3 is 6.03 Å². The van der Waals surface area contributed by atoms with Gasteiger partial charge in [-0.05, 0) is 37.3 Å². The quantitative estimate of drug-likeness (QED) is 0.810. The second-order valence-corrected chi connectivity index (χ2v) is 5.96. The molecule has 0 saturated heterocycles. The van der Waals surface area contributed by atoms with Crippen molar-refractivity contribution in [2.24, 2.45) is 0 Å². The number of rotatable bonds is 7. The van der Waals surface area contributed by atoms with Gasteiger partial charge in [-0.3, -0.25) is 0 Å². The number of aryl methyl sites for hydroxylation is 1. The van der Waals surface area contributed by atoms with E-state index in [9.17, 15) is 4.79 Å². The molecule has 2 rings (SSSR count). The molecular weight excluding hydrogens is 264 g/mol. The lowest BCUT2D eigenvalue weighted by molar-refractivity contribution is 0.176. The van der Waals surface area contributed by atoms with Crippen LogP contribution in [0, 0.1) is 6.92 Å². The molecule has 4 nitrogen and oxygen atoms in total. The molecule has 1 aliphatic carbocycles. The molecule has 0 heterocycles. The van der Waals surface area contributed by atoms with Gasteiger partial charge in [0.25, 0.3) is 0 Å². The molecule has 0 aliphatic heterocycles. The first-order valence-corrected chi connectivity index (χ1v) is 7.83. The Balaban J connectivity index is 1.96.